The summed E-state index contributed by atoms with van der Waals surface area (Å²) in [7, 11) is 0. The van der Waals surface area contributed by atoms with E-state index in [-0.39, 0.29) is 12.5 Å². The molecule has 1 aromatic carbocycles. The third-order valence-electron chi connectivity index (χ3n) is 2.08. The number of aromatic nitrogens is 1. The summed E-state index contributed by atoms with van der Waals surface area (Å²) in [4.78, 5) is 15.2. The van der Waals surface area contributed by atoms with Gasteiger partial charge in [0.2, 0.25) is 0 Å². The van der Waals surface area contributed by atoms with E-state index in [9.17, 15) is 4.79 Å². The summed E-state index contributed by atoms with van der Waals surface area (Å²) in [5.41, 5.74) is 0.803. The Kier molecular flexibility index (Phi) is 3.44. The highest BCUT2D eigenvalue weighted by atomic mass is 35.5. The summed E-state index contributed by atoms with van der Waals surface area (Å²) in [5.74, 6) is -0.103. The molecule has 0 saturated heterocycles. The predicted octanol–water partition coefficient (Wildman–Crippen LogP) is 3.17. The molecule has 0 amide bonds. The van der Waals surface area contributed by atoms with Crippen molar-refractivity contribution in [2.24, 2.45) is 0 Å². The first-order valence-corrected chi connectivity index (χ1v) is 5.47. The molecule has 1 aromatic heterocycles. The molecule has 0 radical (unpaired) electrons. The molecule has 0 bridgehead atoms. The quantitative estimate of drug-likeness (QED) is 0.787. The Morgan fingerprint density at radius 1 is 1.41 bits per heavy atom. The van der Waals surface area contributed by atoms with Gasteiger partial charge in [-0.25, -0.2) is 9.78 Å². The molecular formula is C12H10ClNO3. The molecule has 0 aliphatic heterocycles. The van der Waals surface area contributed by atoms with Gasteiger partial charge in [-0.3, -0.25) is 0 Å². The van der Waals surface area contributed by atoms with Crippen LogP contribution in [0.2, 0.25) is 5.02 Å². The summed E-state index contributed by atoms with van der Waals surface area (Å²) in [5, 5.41) is 0.638. The van der Waals surface area contributed by atoms with Gasteiger partial charge in [-0.05, 0) is 31.2 Å². The topological polar surface area (TPSA) is 52.3 Å². The summed E-state index contributed by atoms with van der Waals surface area (Å²) >= 11 is 5.78. The molecule has 88 valence electrons. The van der Waals surface area contributed by atoms with E-state index in [1.807, 2.05) is 0 Å². The molecule has 5 heteroatoms. The number of hydrogen-bond acceptors (Lipinski definition) is 4. The second-order valence-electron chi connectivity index (χ2n) is 3.26. The van der Waals surface area contributed by atoms with Gasteiger partial charge in [-0.1, -0.05) is 11.6 Å². The summed E-state index contributed by atoms with van der Waals surface area (Å²) in [6, 6.07) is 7.06. The lowest BCUT2D eigenvalue weighted by molar-refractivity contribution is 0.0482. The first-order chi connectivity index (χ1) is 8.20. The number of halogens is 1. The van der Waals surface area contributed by atoms with Gasteiger partial charge in [0, 0.05) is 10.6 Å². The third kappa shape index (κ3) is 2.65. The molecule has 1 heterocycles. The number of nitrogens with zero attached hydrogens (tertiary/aromatic N) is 1. The molecule has 0 aliphatic rings. The van der Waals surface area contributed by atoms with Gasteiger partial charge < -0.3 is 9.15 Å². The van der Waals surface area contributed by atoms with Gasteiger partial charge in [-0.15, -0.1) is 0 Å². The van der Waals surface area contributed by atoms with Gasteiger partial charge in [0.15, 0.2) is 5.76 Å². The normalized spacial score (nSPS) is 10.2. The highest BCUT2D eigenvalue weighted by Crippen LogP contribution is 2.22. The highest BCUT2D eigenvalue weighted by molar-refractivity contribution is 6.30. The van der Waals surface area contributed by atoms with E-state index in [0.717, 1.165) is 5.56 Å². The lowest BCUT2D eigenvalue weighted by Crippen LogP contribution is -2.04. The zero-order valence-electron chi connectivity index (χ0n) is 9.14. The molecular weight excluding hydrogens is 242 g/mol. The smallest absolute Gasteiger partial charge is 0.394 e. The van der Waals surface area contributed by atoms with Crippen LogP contribution in [0.15, 0.2) is 34.9 Å². The van der Waals surface area contributed by atoms with Gasteiger partial charge in [-0.2, -0.15) is 0 Å². The molecule has 0 N–H and O–H groups in total. The first-order valence-electron chi connectivity index (χ1n) is 5.09. The third-order valence-corrected chi connectivity index (χ3v) is 2.34. The fraction of sp³-hybridized carbons (Fsp3) is 0.167. The van der Waals surface area contributed by atoms with E-state index >= 15 is 0 Å². The lowest BCUT2D eigenvalue weighted by atomic mass is 10.2. The number of carbonyl (C=O) groups is 1. The molecule has 0 saturated carbocycles. The molecule has 0 unspecified atom stereocenters. The number of carbonyl (C=O) groups excluding carboxylic acids is 1. The van der Waals surface area contributed by atoms with Crippen molar-refractivity contribution in [3.05, 3.63) is 41.4 Å². The SMILES string of the molecule is CCOC(=O)c1ncc(-c2ccc(Cl)cc2)o1. The number of benzene rings is 1. The maximum atomic E-state index is 11.3. The molecule has 4 nitrogen and oxygen atoms in total. The van der Waals surface area contributed by atoms with Crippen LogP contribution in [0.25, 0.3) is 11.3 Å². The number of esters is 1. The highest BCUT2D eigenvalue weighted by Gasteiger charge is 2.14. The second-order valence-corrected chi connectivity index (χ2v) is 3.69. The average molecular weight is 252 g/mol. The Balaban J connectivity index is 2.23. The van der Waals surface area contributed by atoms with Crippen molar-refractivity contribution in [2.75, 3.05) is 6.61 Å². The average Bonchev–Trinajstić information content (AvgIpc) is 2.80. The maximum Gasteiger partial charge on any atom is 0.394 e. The Bertz CT molecular complexity index is 519. The largest absolute Gasteiger partial charge is 0.459 e. The van der Waals surface area contributed by atoms with Crippen molar-refractivity contribution in [3.8, 4) is 11.3 Å². The summed E-state index contributed by atoms with van der Waals surface area (Å²) < 4.78 is 10.1. The van der Waals surface area contributed by atoms with Gasteiger partial charge in [0.25, 0.3) is 0 Å². The predicted molar refractivity (Wildman–Crippen MR) is 62.9 cm³/mol. The minimum absolute atomic E-state index is 0.0446. The van der Waals surface area contributed by atoms with E-state index in [1.165, 1.54) is 6.20 Å². The van der Waals surface area contributed by atoms with E-state index in [2.05, 4.69) is 4.98 Å². The van der Waals surface area contributed by atoms with E-state index in [1.54, 1.807) is 31.2 Å². The van der Waals surface area contributed by atoms with Crippen LogP contribution in [-0.4, -0.2) is 17.6 Å². The molecule has 0 spiro atoms. The fourth-order valence-electron chi connectivity index (χ4n) is 1.31. The minimum atomic E-state index is -0.562. The van der Waals surface area contributed by atoms with Crippen molar-refractivity contribution in [3.63, 3.8) is 0 Å². The number of ether oxygens (including phenoxy) is 1. The second kappa shape index (κ2) is 5.01. The Morgan fingerprint density at radius 3 is 2.76 bits per heavy atom. The molecule has 0 aliphatic carbocycles. The van der Waals surface area contributed by atoms with Crippen LogP contribution in [0, 0.1) is 0 Å². The van der Waals surface area contributed by atoms with Crippen LogP contribution in [0.5, 0.6) is 0 Å². The molecule has 0 atom stereocenters. The maximum absolute atomic E-state index is 11.3. The van der Waals surface area contributed by atoms with Crippen molar-refractivity contribution < 1.29 is 13.9 Å². The number of hydrogen-bond donors (Lipinski definition) is 0. The van der Waals surface area contributed by atoms with Crippen LogP contribution in [0.1, 0.15) is 17.6 Å². The number of rotatable bonds is 3. The monoisotopic (exact) mass is 251 g/mol. The van der Waals surface area contributed by atoms with Crippen LogP contribution in [0.4, 0.5) is 0 Å². The number of oxazole rings is 1. The zero-order chi connectivity index (χ0) is 12.3. The Hall–Kier alpha value is -1.81. The van der Waals surface area contributed by atoms with E-state index in [4.69, 9.17) is 20.8 Å². The van der Waals surface area contributed by atoms with Gasteiger partial charge >= 0.3 is 11.9 Å². The van der Waals surface area contributed by atoms with Crippen LogP contribution >= 0.6 is 11.6 Å². The molecule has 0 fully saturated rings. The molecule has 2 rings (SSSR count). The lowest BCUT2D eigenvalue weighted by Gasteiger charge is -1.97. The van der Waals surface area contributed by atoms with Gasteiger partial charge in [0.05, 0.1) is 12.8 Å². The van der Waals surface area contributed by atoms with Crippen molar-refractivity contribution in [1.29, 1.82) is 0 Å². The van der Waals surface area contributed by atoms with E-state index in [0.29, 0.717) is 10.8 Å². The van der Waals surface area contributed by atoms with Crippen LogP contribution < -0.4 is 0 Å². The van der Waals surface area contributed by atoms with Crippen LogP contribution in [0.3, 0.4) is 0 Å². The zero-order valence-corrected chi connectivity index (χ0v) is 9.90. The standard InChI is InChI=1S/C12H10ClNO3/c1-2-16-12(15)11-14-7-10(17-11)8-3-5-9(13)6-4-8/h3-7H,2H2,1H3. The summed E-state index contributed by atoms with van der Waals surface area (Å²) in [6.07, 6.45) is 1.48. The minimum Gasteiger partial charge on any atom is -0.459 e. The Labute approximate surface area is 103 Å². The van der Waals surface area contributed by atoms with Crippen molar-refractivity contribution in [1.82, 2.24) is 4.98 Å². The fourth-order valence-corrected chi connectivity index (χ4v) is 1.43. The van der Waals surface area contributed by atoms with Crippen LogP contribution in [-0.2, 0) is 4.74 Å². The van der Waals surface area contributed by atoms with Crippen molar-refractivity contribution >= 4 is 17.6 Å². The Morgan fingerprint density at radius 2 is 2.12 bits per heavy atom. The van der Waals surface area contributed by atoms with Crippen molar-refractivity contribution in [2.45, 2.75) is 6.92 Å². The van der Waals surface area contributed by atoms with E-state index < -0.39 is 5.97 Å². The summed E-state index contributed by atoms with van der Waals surface area (Å²) in [6.45, 7) is 2.01. The van der Waals surface area contributed by atoms with Gasteiger partial charge in [0.1, 0.15) is 0 Å². The molecule has 17 heavy (non-hydrogen) atoms. The molecule has 2 aromatic rings. The first kappa shape index (κ1) is 11.7.